The average molecular weight is 298 g/mol. The number of rotatable bonds is 1. The van der Waals surface area contributed by atoms with Gasteiger partial charge in [-0.25, -0.2) is 4.98 Å². The van der Waals surface area contributed by atoms with Crippen LogP contribution in [-0.2, 0) is 0 Å². The number of nitrogens with zero attached hydrogens (tertiary/aromatic N) is 3. The predicted molar refractivity (Wildman–Crippen MR) is 82.4 cm³/mol. The van der Waals surface area contributed by atoms with Crippen LogP contribution in [0.4, 0.5) is 5.82 Å². The Kier molecular flexibility index (Phi) is 3.92. The quantitative estimate of drug-likeness (QED) is 0.793. The molecular weight excluding hydrogens is 278 g/mol. The molecule has 19 heavy (non-hydrogen) atoms. The van der Waals surface area contributed by atoms with Crippen molar-refractivity contribution < 1.29 is 0 Å². The zero-order chi connectivity index (χ0) is 13.4. The summed E-state index contributed by atoms with van der Waals surface area (Å²) in [5, 5.41) is 0.741. The van der Waals surface area contributed by atoms with E-state index < -0.39 is 0 Å². The number of aromatic nitrogens is 1. The SMILES string of the molecule is CC(C)N1CCN2c3ncc(Cl)cc3SCC[C@H]2C1. The number of hydrogen-bond acceptors (Lipinski definition) is 4. The van der Waals surface area contributed by atoms with Gasteiger partial charge < -0.3 is 4.90 Å². The van der Waals surface area contributed by atoms with Crippen molar-refractivity contribution in [2.75, 3.05) is 30.3 Å². The number of hydrogen-bond donors (Lipinski definition) is 0. The lowest BCUT2D eigenvalue weighted by Crippen LogP contribution is -2.55. The van der Waals surface area contributed by atoms with Gasteiger partial charge in [0.05, 0.1) is 9.92 Å². The number of thioether (sulfide) groups is 1. The van der Waals surface area contributed by atoms with E-state index in [0.29, 0.717) is 12.1 Å². The van der Waals surface area contributed by atoms with Gasteiger partial charge in [-0.2, -0.15) is 0 Å². The lowest BCUT2D eigenvalue weighted by Gasteiger charge is -2.43. The summed E-state index contributed by atoms with van der Waals surface area (Å²) in [5.74, 6) is 2.29. The molecule has 2 aliphatic rings. The average Bonchev–Trinajstić information content (AvgIpc) is 2.56. The lowest BCUT2D eigenvalue weighted by molar-refractivity contribution is 0.178. The van der Waals surface area contributed by atoms with Crippen molar-refractivity contribution in [3.8, 4) is 0 Å². The Hall–Kier alpha value is -0.450. The molecule has 1 aromatic rings. The standard InChI is InChI=1S/C14H20ClN3S/c1-10(2)17-4-5-18-12(9-17)3-6-19-13-7-11(15)8-16-14(13)18/h7-8,10,12H,3-6,9H2,1-2H3/t12-/m0/s1. The summed E-state index contributed by atoms with van der Waals surface area (Å²) >= 11 is 7.96. The van der Waals surface area contributed by atoms with Gasteiger partial charge in [0, 0.05) is 43.7 Å². The smallest absolute Gasteiger partial charge is 0.142 e. The zero-order valence-electron chi connectivity index (χ0n) is 11.5. The molecule has 1 atom stereocenters. The van der Waals surface area contributed by atoms with Gasteiger partial charge in [0.25, 0.3) is 0 Å². The van der Waals surface area contributed by atoms with Crippen LogP contribution < -0.4 is 4.90 Å². The van der Waals surface area contributed by atoms with Crippen molar-refractivity contribution >= 4 is 29.2 Å². The first-order valence-electron chi connectivity index (χ1n) is 6.94. The highest BCUT2D eigenvalue weighted by Gasteiger charge is 2.32. The minimum Gasteiger partial charge on any atom is -0.350 e. The minimum atomic E-state index is 0.596. The van der Waals surface area contributed by atoms with E-state index in [4.69, 9.17) is 11.6 Å². The number of piperazine rings is 1. The molecule has 0 amide bonds. The molecule has 1 saturated heterocycles. The van der Waals surface area contributed by atoms with E-state index in [1.165, 1.54) is 11.3 Å². The number of pyridine rings is 1. The van der Waals surface area contributed by atoms with E-state index in [1.807, 2.05) is 11.8 Å². The zero-order valence-corrected chi connectivity index (χ0v) is 13.0. The molecule has 3 nitrogen and oxygen atoms in total. The fourth-order valence-corrected chi connectivity index (χ4v) is 4.26. The van der Waals surface area contributed by atoms with Gasteiger partial charge in [0.2, 0.25) is 0 Å². The lowest BCUT2D eigenvalue weighted by atomic mass is 10.1. The highest BCUT2D eigenvalue weighted by Crippen LogP contribution is 2.37. The van der Waals surface area contributed by atoms with Crippen LogP contribution in [0.1, 0.15) is 20.3 Å². The molecule has 104 valence electrons. The molecule has 1 aromatic heterocycles. The van der Waals surface area contributed by atoms with E-state index in [9.17, 15) is 0 Å². The van der Waals surface area contributed by atoms with E-state index in [2.05, 4.69) is 34.7 Å². The van der Waals surface area contributed by atoms with Gasteiger partial charge in [-0.05, 0) is 26.3 Å². The Balaban J connectivity index is 1.87. The van der Waals surface area contributed by atoms with E-state index in [-0.39, 0.29) is 0 Å². The van der Waals surface area contributed by atoms with Crippen molar-refractivity contribution in [2.45, 2.75) is 37.2 Å². The first-order valence-corrected chi connectivity index (χ1v) is 8.30. The molecule has 0 bridgehead atoms. The number of halogens is 1. The van der Waals surface area contributed by atoms with E-state index in [0.717, 1.165) is 36.2 Å². The monoisotopic (exact) mass is 297 g/mol. The van der Waals surface area contributed by atoms with Crippen LogP contribution in [0.15, 0.2) is 17.2 Å². The molecule has 2 aliphatic heterocycles. The van der Waals surface area contributed by atoms with Gasteiger partial charge in [0.15, 0.2) is 0 Å². The maximum Gasteiger partial charge on any atom is 0.142 e. The molecule has 0 spiro atoms. The van der Waals surface area contributed by atoms with E-state index >= 15 is 0 Å². The van der Waals surface area contributed by atoms with Crippen molar-refractivity contribution in [1.82, 2.24) is 9.88 Å². The van der Waals surface area contributed by atoms with Crippen LogP contribution in [-0.4, -0.2) is 47.4 Å². The number of anilines is 1. The second-order valence-electron chi connectivity index (χ2n) is 5.55. The van der Waals surface area contributed by atoms with Crippen molar-refractivity contribution in [3.05, 3.63) is 17.3 Å². The summed E-state index contributed by atoms with van der Waals surface area (Å²) < 4.78 is 0. The molecule has 0 unspecified atom stereocenters. The molecular formula is C14H20ClN3S. The first-order chi connectivity index (χ1) is 9.15. The van der Waals surface area contributed by atoms with Crippen LogP contribution in [0.3, 0.4) is 0 Å². The fourth-order valence-electron chi connectivity index (χ4n) is 2.91. The third-order valence-corrected chi connectivity index (χ3v) is 5.28. The first kappa shape index (κ1) is 13.5. The summed E-state index contributed by atoms with van der Waals surface area (Å²) in [6.45, 7) is 7.93. The number of fused-ring (bicyclic) bond motifs is 3. The maximum absolute atomic E-state index is 6.07. The summed E-state index contributed by atoms with van der Waals surface area (Å²) in [6, 6.07) is 3.29. The Bertz CT molecular complexity index is 466. The van der Waals surface area contributed by atoms with Gasteiger partial charge >= 0.3 is 0 Å². The van der Waals surface area contributed by atoms with Gasteiger partial charge in [-0.3, -0.25) is 4.90 Å². The summed E-state index contributed by atoms with van der Waals surface area (Å²) in [4.78, 5) is 10.9. The van der Waals surface area contributed by atoms with Crippen LogP contribution in [0.5, 0.6) is 0 Å². The normalized spacial score (nSPS) is 24.0. The highest BCUT2D eigenvalue weighted by atomic mass is 35.5. The molecule has 3 heterocycles. The summed E-state index contributed by atoms with van der Waals surface area (Å²) in [6.07, 6.45) is 3.00. The van der Waals surface area contributed by atoms with Crippen LogP contribution in [0.25, 0.3) is 0 Å². The Morgan fingerprint density at radius 3 is 3.05 bits per heavy atom. The van der Waals surface area contributed by atoms with Gasteiger partial charge in [0.1, 0.15) is 5.82 Å². The third-order valence-electron chi connectivity index (χ3n) is 4.02. The molecule has 0 aromatic carbocycles. The second kappa shape index (κ2) is 5.51. The summed E-state index contributed by atoms with van der Waals surface area (Å²) in [5.41, 5.74) is 0. The highest BCUT2D eigenvalue weighted by molar-refractivity contribution is 7.99. The van der Waals surface area contributed by atoms with Crippen LogP contribution >= 0.6 is 23.4 Å². The van der Waals surface area contributed by atoms with Crippen molar-refractivity contribution in [1.29, 1.82) is 0 Å². The molecule has 0 N–H and O–H groups in total. The molecule has 0 aliphatic carbocycles. The second-order valence-corrected chi connectivity index (χ2v) is 7.12. The van der Waals surface area contributed by atoms with Crippen LogP contribution in [0, 0.1) is 0 Å². The largest absolute Gasteiger partial charge is 0.350 e. The molecule has 1 fully saturated rings. The third kappa shape index (κ3) is 2.71. The molecule has 3 rings (SSSR count). The van der Waals surface area contributed by atoms with Crippen LogP contribution in [0.2, 0.25) is 5.02 Å². The topological polar surface area (TPSA) is 19.4 Å². The minimum absolute atomic E-state index is 0.596. The molecule has 0 radical (unpaired) electrons. The Labute approximate surface area is 124 Å². The Morgan fingerprint density at radius 1 is 1.42 bits per heavy atom. The fraction of sp³-hybridized carbons (Fsp3) is 0.643. The predicted octanol–water partition coefficient (Wildman–Crippen LogP) is 3.13. The van der Waals surface area contributed by atoms with E-state index in [1.54, 1.807) is 6.20 Å². The molecule has 0 saturated carbocycles. The van der Waals surface area contributed by atoms with Gasteiger partial charge in [-0.15, -0.1) is 11.8 Å². The maximum atomic E-state index is 6.07. The molecule has 5 heteroatoms. The van der Waals surface area contributed by atoms with Gasteiger partial charge in [-0.1, -0.05) is 11.6 Å². The summed E-state index contributed by atoms with van der Waals surface area (Å²) in [7, 11) is 0. The Morgan fingerprint density at radius 2 is 2.26 bits per heavy atom. The van der Waals surface area contributed by atoms with Crippen molar-refractivity contribution in [3.63, 3.8) is 0 Å². The van der Waals surface area contributed by atoms with Crippen molar-refractivity contribution in [2.24, 2.45) is 0 Å².